The molecule has 3 unspecified atom stereocenters. The van der Waals surface area contributed by atoms with Gasteiger partial charge in [-0.05, 0) is 43.3 Å². The van der Waals surface area contributed by atoms with Crippen molar-refractivity contribution in [2.75, 3.05) is 4.90 Å². The van der Waals surface area contributed by atoms with E-state index in [1.54, 1.807) is 6.26 Å². The number of benzene rings is 2. The zero-order valence-corrected chi connectivity index (χ0v) is 17.2. The molecule has 3 atom stereocenters. The van der Waals surface area contributed by atoms with Gasteiger partial charge >= 0.3 is 0 Å². The highest BCUT2D eigenvalue weighted by atomic mass is 32.2. The van der Waals surface area contributed by atoms with Gasteiger partial charge in [-0.2, -0.15) is 0 Å². The number of thioether (sulfide) groups is 1. The van der Waals surface area contributed by atoms with Gasteiger partial charge in [-0.25, -0.2) is 9.89 Å². The van der Waals surface area contributed by atoms with Gasteiger partial charge in [0.2, 0.25) is 11.8 Å². The van der Waals surface area contributed by atoms with E-state index >= 15 is 0 Å². The molecule has 5 nitrogen and oxygen atoms in total. The Morgan fingerprint density at radius 2 is 1.73 bits per heavy atom. The summed E-state index contributed by atoms with van der Waals surface area (Å²) in [6, 6.07) is 20.9. The monoisotopic (exact) mass is 416 g/mol. The number of fused-ring (bicyclic) bond motifs is 1. The molecule has 2 fully saturated rings. The fourth-order valence-corrected chi connectivity index (χ4v) is 5.52. The van der Waals surface area contributed by atoms with Crippen LogP contribution in [0.5, 0.6) is 0 Å². The lowest BCUT2D eigenvalue weighted by molar-refractivity contribution is -0.122. The first-order valence-electron chi connectivity index (χ1n) is 9.89. The van der Waals surface area contributed by atoms with E-state index in [1.165, 1.54) is 16.7 Å². The van der Waals surface area contributed by atoms with Gasteiger partial charge in [0.1, 0.15) is 11.0 Å². The lowest BCUT2D eigenvalue weighted by atomic mass is 9.85. The van der Waals surface area contributed by atoms with E-state index in [4.69, 9.17) is 9.41 Å². The van der Waals surface area contributed by atoms with Crippen LogP contribution in [0, 0.1) is 12.8 Å². The molecule has 2 aliphatic rings. The van der Waals surface area contributed by atoms with Crippen LogP contribution in [0.25, 0.3) is 0 Å². The van der Waals surface area contributed by atoms with Crippen LogP contribution in [0.4, 0.5) is 11.4 Å². The van der Waals surface area contributed by atoms with Crippen molar-refractivity contribution >= 4 is 40.0 Å². The molecule has 0 spiro atoms. The van der Waals surface area contributed by atoms with Gasteiger partial charge in [-0.3, -0.25) is 9.59 Å². The second-order valence-electron chi connectivity index (χ2n) is 7.58. The third kappa shape index (κ3) is 3.27. The summed E-state index contributed by atoms with van der Waals surface area (Å²) in [5, 5.41) is 0.334. The molecule has 2 aliphatic heterocycles. The number of carbonyl (C=O) groups is 2. The number of anilines is 1. The van der Waals surface area contributed by atoms with Crippen LogP contribution >= 0.6 is 11.8 Å². The molecule has 2 amide bonds. The number of aryl methyl sites for hydroxylation is 1. The fourth-order valence-electron chi connectivity index (χ4n) is 4.13. The summed E-state index contributed by atoms with van der Waals surface area (Å²) in [4.78, 5) is 32.9. The van der Waals surface area contributed by atoms with Crippen molar-refractivity contribution in [1.29, 1.82) is 0 Å². The summed E-state index contributed by atoms with van der Waals surface area (Å²) in [5.74, 6) is -0.319. The molecule has 0 bridgehead atoms. The molecule has 2 aromatic carbocycles. The maximum absolute atomic E-state index is 13.4. The van der Waals surface area contributed by atoms with Crippen molar-refractivity contribution in [1.82, 2.24) is 0 Å². The van der Waals surface area contributed by atoms with Crippen molar-refractivity contribution in [2.24, 2.45) is 10.9 Å². The molecule has 6 heteroatoms. The molecular weight excluding hydrogens is 396 g/mol. The van der Waals surface area contributed by atoms with Crippen LogP contribution in [0.2, 0.25) is 0 Å². The second-order valence-corrected chi connectivity index (χ2v) is 8.79. The predicted molar refractivity (Wildman–Crippen MR) is 118 cm³/mol. The van der Waals surface area contributed by atoms with E-state index in [0.29, 0.717) is 12.1 Å². The number of para-hydroxylation sites is 1. The summed E-state index contributed by atoms with van der Waals surface area (Å²) in [6.45, 7) is 1.98. The van der Waals surface area contributed by atoms with Crippen LogP contribution in [0.1, 0.15) is 23.7 Å². The Bertz CT molecular complexity index is 1110. The van der Waals surface area contributed by atoms with Gasteiger partial charge < -0.3 is 4.42 Å². The zero-order chi connectivity index (χ0) is 20.7. The van der Waals surface area contributed by atoms with E-state index in [1.807, 2.05) is 73.7 Å². The summed E-state index contributed by atoms with van der Waals surface area (Å²) in [5.41, 5.74) is 2.53. The Morgan fingerprint density at radius 1 is 0.967 bits per heavy atom. The Labute approximate surface area is 178 Å². The maximum Gasteiger partial charge on any atom is 0.248 e. The number of furan rings is 1. The van der Waals surface area contributed by atoms with Crippen LogP contribution in [0.15, 0.2) is 82.4 Å². The van der Waals surface area contributed by atoms with E-state index in [0.717, 1.165) is 22.1 Å². The minimum atomic E-state index is -0.509. The molecule has 0 saturated carbocycles. The molecule has 0 radical (unpaired) electrons. The van der Waals surface area contributed by atoms with Gasteiger partial charge in [-0.1, -0.05) is 47.7 Å². The number of amides is 2. The van der Waals surface area contributed by atoms with Crippen LogP contribution < -0.4 is 4.90 Å². The van der Waals surface area contributed by atoms with E-state index in [9.17, 15) is 9.59 Å². The molecule has 150 valence electrons. The number of hydrogen-bond acceptors (Lipinski definition) is 5. The number of nitrogens with zero attached hydrogens (tertiary/aromatic N) is 2. The molecule has 0 aliphatic carbocycles. The molecule has 0 N–H and O–H groups in total. The Balaban J connectivity index is 1.55. The summed E-state index contributed by atoms with van der Waals surface area (Å²) in [7, 11) is 0. The Morgan fingerprint density at radius 3 is 2.43 bits per heavy atom. The van der Waals surface area contributed by atoms with Gasteiger partial charge in [-0.15, -0.1) is 0 Å². The average molecular weight is 417 g/mol. The van der Waals surface area contributed by atoms with Crippen molar-refractivity contribution in [3.05, 3.63) is 84.3 Å². The Hall–Kier alpha value is -3.12. The molecule has 2 saturated heterocycles. The predicted octanol–water partition coefficient (Wildman–Crippen LogP) is 5.10. The highest BCUT2D eigenvalue weighted by Gasteiger charge is 2.55. The quantitative estimate of drug-likeness (QED) is 0.558. The van der Waals surface area contributed by atoms with Gasteiger partial charge in [0.05, 0.1) is 28.6 Å². The third-order valence-corrected chi connectivity index (χ3v) is 6.88. The van der Waals surface area contributed by atoms with Gasteiger partial charge in [0, 0.05) is 12.3 Å². The largest absolute Gasteiger partial charge is 0.469 e. The van der Waals surface area contributed by atoms with Crippen LogP contribution in [-0.4, -0.2) is 22.1 Å². The third-order valence-electron chi connectivity index (χ3n) is 5.60. The van der Waals surface area contributed by atoms with E-state index < -0.39 is 11.2 Å². The topological polar surface area (TPSA) is 62.9 Å². The van der Waals surface area contributed by atoms with Gasteiger partial charge in [0.25, 0.3) is 0 Å². The number of hydrogen-bond donors (Lipinski definition) is 0. The lowest BCUT2D eigenvalue weighted by Crippen LogP contribution is -2.33. The normalized spacial score (nSPS) is 25.0. The van der Waals surface area contributed by atoms with Gasteiger partial charge in [0.15, 0.2) is 0 Å². The number of rotatable bonds is 3. The SMILES string of the molecule is Cc1ccc(N2C(=O)C3SC(=Nc4ccccc4)CC(c4ccco4)C3C2=O)cc1. The first kappa shape index (κ1) is 18.9. The molecular formula is C24H20N2O3S. The van der Waals surface area contributed by atoms with Crippen molar-refractivity contribution < 1.29 is 14.0 Å². The van der Waals surface area contributed by atoms with Crippen LogP contribution in [-0.2, 0) is 9.59 Å². The molecule has 1 aromatic heterocycles. The van der Waals surface area contributed by atoms with Crippen LogP contribution in [0.3, 0.4) is 0 Å². The van der Waals surface area contributed by atoms with Crippen molar-refractivity contribution in [3.8, 4) is 0 Å². The van der Waals surface area contributed by atoms with E-state index in [2.05, 4.69) is 0 Å². The maximum atomic E-state index is 13.4. The zero-order valence-electron chi connectivity index (χ0n) is 16.4. The highest BCUT2D eigenvalue weighted by molar-refractivity contribution is 8.15. The Kier molecular flexibility index (Phi) is 4.79. The van der Waals surface area contributed by atoms with Crippen molar-refractivity contribution in [2.45, 2.75) is 24.5 Å². The highest BCUT2D eigenvalue weighted by Crippen LogP contribution is 2.49. The average Bonchev–Trinajstić information content (AvgIpc) is 3.37. The minimum absolute atomic E-state index is 0.165. The molecule has 5 rings (SSSR count). The fraction of sp³-hybridized carbons (Fsp3) is 0.208. The number of carbonyl (C=O) groups excluding carboxylic acids is 2. The summed E-state index contributed by atoms with van der Waals surface area (Å²) < 4.78 is 5.67. The number of imide groups is 1. The second kappa shape index (κ2) is 7.61. The minimum Gasteiger partial charge on any atom is -0.469 e. The lowest BCUT2D eigenvalue weighted by Gasteiger charge is -2.29. The first-order valence-corrected chi connectivity index (χ1v) is 10.8. The molecule has 3 aromatic rings. The van der Waals surface area contributed by atoms with E-state index in [-0.39, 0.29) is 17.7 Å². The first-order chi connectivity index (χ1) is 14.6. The molecule has 30 heavy (non-hydrogen) atoms. The molecule has 3 heterocycles. The standard InChI is InChI=1S/C24H20N2O3S/c1-15-9-11-17(12-10-15)26-23(27)21-18(19-8-5-13-29-19)14-20(30-22(21)24(26)28)25-16-6-3-2-4-7-16/h2-13,18,21-22H,14H2,1H3. The summed E-state index contributed by atoms with van der Waals surface area (Å²) in [6.07, 6.45) is 2.17. The smallest absolute Gasteiger partial charge is 0.248 e. The number of aliphatic imine (C=N–C) groups is 1. The summed E-state index contributed by atoms with van der Waals surface area (Å²) >= 11 is 1.41. The van der Waals surface area contributed by atoms with Crippen molar-refractivity contribution in [3.63, 3.8) is 0 Å².